The van der Waals surface area contributed by atoms with Crippen LogP contribution in [0.1, 0.15) is 6.92 Å². The van der Waals surface area contributed by atoms with E-state index in [1.54, 1.807) is 6.92 Å². The molecule has 1 N–H and O–H groups in total. The van der Waals surface area contributed by atoms with Crippen LogP contribution in [0, 0.1) is 0 Å². The lowest BCUT2D eigenvalue weighted by Gasteiger charge is -2.14. The number of halogens is 2. The van der Waals surface area contributed by atoms with Gasteiger partial charge in [0.05, 0.1) is 10.2 Å². The van der Waals surface area contributed by atoms with E-state index >= 15 is 0 Å². The summed E-state index contributed by atoms with van der Waals surface area (Å²) in [6.45, 7) is 1.75. The lowest BCUT2D eigenvalue weighted by atomic mass is 10.4. The van der Waals surface area contributed by atoms with Crippen LogP contribution < -0.4 is 5.32 Å². The van der Waals surface area contributed by atoms with Gasteiger partial charge in [-0.2, -0.15) is 0 Å². The van der Waals surface area contributed by atoms with Crippen LogP contribution in [-0.4, -0.2) is 36.4 Å². The van der Waals surface area contributed by atoms with E-state index in [9.17, 15) is 8.42 Å². The summed E-state index contributed by atoms with van der Waals surface area (Å²) in [7, 11) is -3.02. The molecule has 0 saturated carbocycles. The fourth-order valence-corrected chi connectivity index (χ4v) is 2.62. The molecule has 0 aromatic carbocycles. The summed E-state index contributed by atoms with van der Waals surface area (Å²) in [6, 6.07) is -0.253. The molecule has 16 heavy (non-hydrogen) atoms. The van der Waals surface area contributed by atoms with Gasteiger partial charge in [-0.15, -0.1) is 0 Å². The van der Waals surface area contributed by atoms with E-state index in [1.807, 2.05) is 0 Å². The van der Waals surface area contributed by atoms with Crippen molar-refractivity contribution in [2.45, 2.75) is 13.0 Å². The molecule has 0 aliphatic heterocycles. The van der Waals surface area contributed by atoms with Crippen molar-refractivity contribution >= 4 is 43.2 Å². The van der Waals surface area contributed by atoms with Crippen molar-refractivity contribution in [1.29, 1.82) is 0 Å². The Morgan fingerprint density at radius 1 is 1.56 bits per heavy atom. The highest BCUT2D eigenvalue weighted by atomic mass is 79.9. The molecule has 1 unspecified atom stereocenters. The molecule has 1 rings (SSSR count). The minimum atomic E-state index is -3.02. The normalized spacial score (nSPS) is 13.5. The molecule has 0 amide bonds. The topological polar surface area (TPSA) is 72.0 Å². The molecule has 8 heteroatoms. The van der Waals surface area contributed by atoms with Crippen molar-refractivity contribution in [3.05, 3.63) is 16.0 Å². The van der Waals surface area contributed by atoms with Gasteiger partial charge in [0.15, 0.2) is 0 Å². The van der Waals surface area contributed by atoms with E-state index in [4.69, 9.17) is 11.6 Å². The fraction of sp³-hybridized carbons (Fsp3) is 0.500. The van der Waals surface area contributed by atoms with Crippen LogP contribution in [-0.2, 0) is 9.84 Å². The van der Waals surface area contributed by atoms with Crippen LogP contribution in [0.4, 0.5) is 5.82 Å². The standard InChI is InChI=1S/C8H11BrClN3O2S/c1-5(3-16(2,14)15)13-8-6(9)7(10)11-4-12-8/h4-5H,3H2,1-2H3,(H,11,12,13). The van der Waals surface area contributed by atoms with Crippen molar-refractivity contribution in [2.75, 3.05) is 17.3 Å². The highest BCUT2D eigenvalue weighted by molar-refractivity contribution is 9.10. The molecule has 0 radical (unpaired) electrons. The summed E-state index contributed by atoms with van der Waals surface area (Å²) in [6.07, 6.45) is 2.50. The molecule has 0 saturated heterocycles. The maximum Gasteiger partial charge on any atom is 0.149 e. The Labute approximate surface area is 108 Å². The van der Waals surface area contributed by atoms with E-state index in [0.29, 0.717) is 10.3 Å². The number of hydrogen-bond donors (Lipinski definition) is 1. The Morgan fingerprint density at radius 3 is 2.75 bits per heavy atom. The summed E-state index contributed by atoms with van der Waals surface area (Å²) < 4.78 is 22.7. The second-order valence-corrected chi connectivity index (χ2v) is 6.80. The van der Waals surface area contributed by atoms with E-state index in [0.717, 1.165) is 0 Å². The zero-order chi connectivity index (χ0) is 12.3. The van der Waals surface area contributed by atoms with Crippen molar-refractivity contribution < 1.29 is 8.42 Å². The average Bonchev–Trinajstić information content (AvgIpc) is 2.09. The van der Waals surface area contributed by atoms with Crippen molar-refractivity contribution in [1.82, 2.24) is 9.97 Å². The fourth-order valence-electron chi connectivity index (χ4n) is 1.18. The Kier molecular flexibility index (Phi) is 4.52. The molecule has 0 aliphatic carbocycles. The SMILES string of the molecule is CC(CS(C)(=O)=O)Nc1ncnc(Cl)c1Br. The Bertz CT molecular complexity index is 480. The minimum Gasteiger partial charge on any atom is -0.366 e. The van der Waals surface area contributed by atoms with Crippen LogP contribution in [0.15, 0.2) is 10.8 Å². The summed E-state index contributed by atoms with van der Waals surface area (Å²) in [4.78, 5) is 7.73. The second-order valence-electron chi connectivity index (χ2n) is 3.46. The van der Waals surface area contributed by atoms with Crippen molar-refractivity contribution in [3.63, 3.8) is 0 Å². The van der Waals surface area contributed by atoms with Gasteiger partial charge in [0.25, 0.3) is 0 Å². The van der Waals surface area contributed by atoms with Crippen LogP contribution in [0.25, 0.3) is 0 Å². The molecule has 1 aromatic rings. The zero-order valence-corrected chi connectivity index (χ0v) is 11.9. The minimum absolute atomic E-state index is 0.0288. The van der Waals surface area contributed by atoms with Gasteiger partial charge in [-0.1, -0.05) is 11.6 Å². The number of aromatic nitrogens is 2. The van der Waals surface area contributed by atoms with Crippen LogP contribution in [0.3, 0.4) is 0 Å². The first-order valence-electron chi connectivity index (χ1n) is 4.40. The van der Waals surface area contributed by atoms with Crippen LogP contribution in [0.2, 0.25) is 5.15 Å². The van der Waals surface area contributed by atoms with Gasteiger partial charge in [-0.3, -0.25) is 0 Å². The molecule has 0 fully saturated rings. The molecular formula is C8H11BrClN3O2S. The number of nitrogens with zero attached hydrogens (tertiary/aromatic N) is 2. The summed E-state index contributed by atoms with van der Waals surface area (Å²) in [5.41, 5.74) is 0. The van der Waals surface area contributed by atoms with Gasteiger partial charge in [0.1, 0.15) is 27.1 Å². The predicted octanol–water partition coefficient (Wildman–Crippen LogP) is 1.74. The largest absolute Gasteiger partial charge is 0.366 e. The van der Waals surface area contributed by atoms with Crippen LogP contribution >= 0.6 is 27.5 Å². The van der Waals surface area contributed by atoms with Gasteiger partial charge in [-0.05, 0) is 22.9 Å². The molecule has 0 aliphatic rings. The Hall–Kier alpha value is -0.400. The number of hydrogen-bond acceptors (Lipinski definition) is 5. The van der Waals surface area contributed by atoms with Gasteiger partial charge >= 0.3 is 0 Å². The third kappa shape index (κ3) is 4.23. The van der Waals surface area contributed by atoms with Crippen molar-refractivity contribution in [3.8, 4) is 0 Å². The third-order valence-electron chi connectivity index (χ3n) is 1.68. The highest BCUT2D eigenvalue weighted by Crippen LogP contribution is 2.26. The molecule has 90 valence electrons. The summed E-state index contributed by atoms with van der Waals surface area (Å²) in [5, 5.41) is 3.23. The average molecular weight is 329 g/mol. The molecule has 0 spiro atoms. The number of nitrogens with one attached hydrogen (secondary N) is 1. The smallest absolute Gasteiger partial charge is 0.149 e. The van der Waals surface area contributed by atoms with Crippen LogP contribution in [0.5, 0.6) is 0 Å². The number of sulfone groups is 1. The monoisotopic (exact) mass is 327 g/mol. The lowest BCUT2D eigenvalue weighted by molar-refractivity contribution is 0.598. The Morgan fingerprint density at radius 2 is 2.19 bits per heavy atom. The van der Waals surface area contributed by atoms with E-state index in [2.05, 4.69) is 31.2 Å². The van der Waals surface area contributed by atoms with E-state index in [-0.39, 0.29) is 16.9 Å². The third-order valence-corrected chi connectivity index (χ3v) is 4.05. The summed E-state index contributed by atoms with van der Waals surface area (Å²) in [5.74, 6) is 0.511. The second kappa shape index (κ2) is 5.29. The molecule has 0 bridgehead atoms. The van der Waals surface area contributed by atoms with Gasteiger partial charge in [0.2, 0.25) is 0 Å². The summed E-state index contributed by atoms with van der Waals surface area (Å²) >= 11 is 8.99. The first kappa shape index (κ1) is 13.7. The number of rotatable bonds is 4. The van der Waals surface area contributed by atoms with Gasteiger partial charge in [0, 0.05) is 12.3 Å². The molecule has 1 aromatic heterocycles. The van der Waals surface area contributed by atoms with Gasteiger partial charge in [-0.25, -0.2) is 18.4 Å². The molecule has 1 atom stereocenters. The van der Waals surface area contributed by atoms with E-state index < -0.39 is 9.84 Å². The maximum atomic E-state index is 11.1. The Balaban J connectivity index is 2.77. The van der Waals surface area contributed by atoms with E-state index in [1.165, 1.54) is 12.6 Å². The first-order chi connectivity index (χ1) is 7.29. The quantitative estimate of drug-likeness (QED) is 0.852. The maximum absolute atomic E-state index is 11.1. The van der Waals surface area contributed by atoms with Crippen molar-refractivity contribution in [2.24, 2.45) is 0 Å². The zero-order valence-electron chi connectivity index (χ0n) is 8.74. The molecular weight excluding hydrogens is 318 g/mol. The van der Waals surface area contributed by atoms with Gasteiger partial charge < -0.3 is 5.32 Å². The number of anilines is 1. The lowest BCUT2D eigenvalue weighted by Crippen LogP contribution is -2.25. The molecule has 5 nitrogen and oxygen atoms in total. The predicted molar refractivity (Wildman–Crippen MR) is 67.5 cm³/mol. The highest BCUT2D eigenvalue weighted by Gasteiger charge is 2.13. The first-order valence-corrected chi connectivity index (χ1v) is 7.63. The molecule has 1 heterocycles.